The van der Waals surface area contributed by atoms with Crippen LogP contribution in [0.1, 0.15) is 29.6 Å². The van der Waals surface area contributed by atoms with Gasteiger partial charge in [0.15, 0.2) is 0 Å². The van der Waals surface area contributed by atoms with Crippen LogP contribution in [-0.4, -0.2) is 36.3 Å². The summed E-state index contributed by atoms with van der Waals surface area (Å²) in [5.41, 5.74) is 0.999. The van der Waals surface area contributed by atoms with Crippen molar-refractivity contribution in [2.45, 2.75) is 19.3 Å². The molecule has 0 saturated carbocycles. The van der Waals surface area contributed by atoms with Crippen molar-refractivity contribution in [1.82, 2.24) is 4.90 Å². The molecule has 2 amide bonds. The van der Waals surface area contributed by atoms with Gasteiger partial charge in [-0.1, -0.05) is 6.07 Å². The van der Waals surface area contributed by atoms with Crippen molar-refractivity contribution in [2.75, 3.05) is 24.5 Å². The van der Waals surface area contributed by atoms with Crippen LogP contribution in [0.2, 0.25) is 0 Å². The molecule has 0 N–H and O–H groups in total. The van der Waals surface area contributed by atoms with E-state index in [1.165, 1.54) is 12.1 Å². The van der Waals surface area contributed by atoms with Gasteiger partial charge in [-0.05, 0) is 48.9 Å². The van der Waals surface area contributed by atoms with E-state index in [1.807, 2.05) is 21.7 Å². The Morgan fingerprint density at radius 1 is 1.12 bits per heavy atom. The lowest BCUT2D eigenvalue weighted by Crippen LogP contribution is -2.46. The number of likely N-dealkylation sites (tertiary alicyclic amines) is 1. The fraction of sp³-hybridized carbons (Fsp3) is 0.368. The zero-order chi connectivity index (χ0) is 17.4. The molecule has 130 valence electrons. The van der Waals surface area contributed by atoms with Crippen molar-refractivity contribution >= 4 is 28.8 Å². The molecule has 2 aliphatic heterocycles. The van der Waals surface area contributed by atoms with Crippen molar-refractivity contribution < 1.29 is 14.0 Å². The molecule has 0 atom stereocenters. The number of rotatable bonds is 2. The summed E-state index contributed by atoms with van der Waals surface area (Å²) in [6.07, 6.45) is 2.19. The first-order valence-electron chi connectivity index (χ1n) is 8.48. The highest BCUT2D eigenvalue weighted by Gasteiger charge is 2.49. The second-order valence-corrected chi connectivity index (χ2v) is 7.55. The zero-order valence-corrected chi connectivity index (χ0v) is 14.6. The molecule has 0 radical (unpaired) electrons. The molecular formula is C19H19FN2O2S. The molecule has 6 heteroatoms. The highest BCUT2D eigenvalue weighted by Crippen LogP contribution is 2.43. The number of thiophene rings is 1. The molecule has 25 heavy (non-hydrogen) atoms. The molecule has 0 aliphatic carbocycles. The molecule has 2 aliphatic rings. The highest BCUT2D eigenvalue weighted by atomic mass is 32.1. The Labute approximate surface area is 149 Å². The molecule has 2 fully saturated rings. The van der Waals surface area contributed by atoms with Crippen LogP contribution in [0.3, 0.4) is 0 Å². The number of piperidine rings is 1. The number of hydrogen-bond donors (Lipinski definition) is 0. The van der Waals surface area contributed by atoms with Gasteiger partial charge < -0.3 is 9.80 Å². The summed E-state index contributed by atoms with van der Waals surface area (Å²) in [5.74, 6) is -0.380. The molecule has 0 unspecified atom stereocenters. The van der Waals surface area contributed by atoms with Gasteiger partial charge in [-0.15, -0.1) is 0 Å². The van der Waals surface area contributed by atoms with Gasteiger partial charge in [-0.25, -0.2) is 4.39 Å². The van der Waals surface area contributed by atoms with Crippen LogP contribution in [-0.2, 0) is 4.79 Å². The Bertz CT molecular complexity index is 798. The number of anilines is 1. The van der Waals surface area contributed by atoms with Gasteiger partial charge in [0.1, 0.15) is 5.82 Å². The first kappa shape index (κ1) is 16.3. The monoisotopic (exact) mass is 358 g/mol. The summed E-state index contributed by atoms with van der Waals surface area (Å²) < 4.78 is 13.3. The van der Waals surface area contributed by atoms with Gasteiger partial charge in [0.25, 0.3) is 5.91 Å². The van der Waals surface area contributed by atoms with Crippen LogP contribution in [0.15, 0.2) is 41.1 Å². The Morgan fingerprint density at radius 2 is 1.88 bits per heavy atom. The molecule has 1 aromatic heterocycles. The van der Waals surface area contributed by atoms with Crippen molar-refractivity contribution in [2.24, 2.45) is 5.41 Å². The largest absolute Gasteiger partial charge is 0.339 e. The van der Waals surface area contributed by atoms with Gasteiger partial charge in [0, 0.05) is 30.6 Å². The molecule has 0 bridgehead atoms. The van der Waals surface area contributed by atoms with E-state index >= 15 is 0 Å². The summed E-state index contributed by atoms with van der Waals surface area (Å²) in [6, 6.07) is 7.76. The van der Waals surface area contributed by atoms with Crippen LogP contribution in [0, 0.1) is 11.2 Å². The van der Waals surface area contributed by atoms with E-state index in [4.69, 9.17) is 0 Å². The standard InChI is InChI=1S/C19H19FN2O2S/c20-15-3-1-2-14(12-15)17(23)21-8-5-19(6-9-21)7-10-22(18(19)24)16-4-11-25-13-16/h1-4,11-13H,5-10H2. The summed E-state index contributed by atoms with van der Waals surface area (Å²) in [5, 5.41) is 3.98. The minimum atomic E-state index is -0.406. The number of halogens is 1. The fourth-order valence-electron chi connectivity index (χ4n) is 3.88. The number of hydrogen-bond acceptors (Lipinski definition) is 3. The minimum Gasteiger partial charge on any atom is -0.339 e. The summed E-state index contributed by atoms with van der Waals surface area (Å²) >= 11 is 1.59. The van der Waals surface area contributed by atoms with Gasteiger partial charge in [-0.2, -0.15) is 11.3 Å². The van der Waals surface area contributed by atoms with E-state index in [9.17, 15) is 14.0 Å². The molecule has 4 rings (SSSR count). The second-order valence-electron chi connectivity index (χ2n) is 6.77. The lowest BCUT2D eigenvalue weighted by atomic mass is 9.77. The van der Waals surface area contributed by atoms with Crippen molar-refractivity contribution in [3.05, 3.63) is 52.5 Å². The van der Waals surface area contributed by atoms with E-state index in [0.717, 1.165) is 18.7 Å². The van der Waals surface area contributed by atoms with Crippen LogP contribution in [0.25, 0.3) is 0 Å². The van der Waals surface area contributed by atoms with E-state index in [1.54, 1.807) is 28.4 Å². The molecule has 2 saturated heterocycles. The lowest BCUT2D eigenvalue weighted by Gasteiger charge is -2.38. The predicted octanol–water partition coefficient (Wildman–Crippen LogP) is 3.55. The number of carbonyl (C=O) groups excluding carboxylic acids is 2. The average molecular weight is 358 g/mol. The highest BCUT2D eigenvalue weighted by molar-refractivity contribution is 7.08. The number of nitrogens with zero attached hydrogens (tertiary/aromatic N) is 2. The van der Waals surface area contributed by atoms with Gasteiger partial charge >= 0.3 is 0 Å². The summed E-state index contributed by atoms with van der Waals surface area (Å²) in [6.45, 7) is 1.82. The molecular weight excluding hydrogens is 339 g/mol. The Balaban J connectivity index is 1.45. The number of benzene rings is 1. The first-order valence-corrected chi connectivity index (χ1v) is 9.42. The van der Waals surface area contributed by atoms with Crippen LogP contribution in [0.5, 0.6) is 0 Å². The van der Waals surface area contributed by atoms with Gasteiger partial charge in [-0.3, -0.25) is 9.59 Å². The molecule has 1 spiro atoms. The Kier molecular flexibility index (Phi) is 4.07. The number of carbonyl (C=O) groups is 2. The smallest absolute Gasteiger partial charge is 0.253 e. The van der Waals surface area contributed by atoms with E-state index in [-0.39, 0.29) is 17.2 Å². The maximum atomic E-state index is 13.3. The Morgan fingerprint density at radius 3 is 2.56 bits per heavy atom. The summed E-state index contributed by atoms with van der Waals surface area (Å²) in [4.78, 5) is 29.1. The second kappa shape index (κ2) is 6.26. The average Bonchev–Trinajstić information content (AvgIpc) is 3.25. The Hall–Kier alpha value is -2.21. The van der Waals surface area contributed by atoms with Crippen molar-refractivity contribution in [3.8, 4) is 0 Å². The molecule has 2 aromatic rings. The van der Waals surface area contributed by atoms with E-state index in [2.05, 4.69) is 0 Å². The third-order valence-electron chi connectivity index (χ3n) is 5.41. The lowest BCUT2D eigenvalue weighted by molar-refractivity contribution is -0.127. The maximum absolute atomic E-state index is 13.3. The van der Waals surface area contributed by atoms with Crippen molar-refractivity contribution in [1.29, 1.82) is 0 Å². The van der Waals surface area contributed by atoms with E-state index < -0.39 is 5.82 Å². The van der Waals surface area contributed by atoms with Crippen molar-refractivity contribution in [3.63, 3.8) is 0 Å². The quantitative estimate of drug-likeness (QED) is 0.824. The SMILES string of the molecule is O=C(c1cccc(F)c1)N1CCC2(CC1)CCN(c1ccsc1)C2=O. The number of amides is 2. The third kappa shape index (κ3) is 2.84. The minimum absolute atomic E-state index is 0.158. The maximum Gasteiger partial charge on any atom is 0.253 e. The topological polar surface area (TPSA) is 40.6 Å². The zero-order valence-electron chi connectivity index (χ0n) is 13.8. The first-order chi connectivity index (χ1) is 12.1. The van der Waals surface area contributed by atoms with E-state index in [0.29, 0.717) is 31.5 Å². The van der Waals surface area contributed by atoms with Crippen LogP contribution in [0.4, 0.5) is 10.1 Å². The normalized spacial score (nSPS) is 19.6. The molecule has 3 heterocycles. The summed E-state index contributed by atoms with van der Waals surface area (Å²) in [7, 11) is 0. The van der Waals surface area contributed by atoms with Crippen LogP contribution >= 0.6 is 11.3 Å². The molecule has 1 aromatic carbocycles. The molecule has 4 nitrogen and oxygen atoms in total. The third-order valence-corrected chi connectivity index (χ3v) is 6.08. The van der Waals surface area contributed by atoms with Crippen LogP contribution < -0.4 is 4.90 Å². The van der Waals surface area contributed by atoms with Gasteiger partial charge in [0.2, 0.25) is 5.91 Å². The van der Waals surface area contributed by atoms with Gasteiger partial charge in [0.05, 0.1) is 11.1 Å². The fourth-order valence-corrected chi connectivity index (χ4v) is 4.53. The predicted molar refractivity (Wildman–Crippen MR) is 95.3 cm³/mol.